The monoisotopic (exact) mass is 235 g/mol. The van der Waals surface area contributed by atoms with Crippen molar-refractivity contribution in [2.24, 2.45) is 0 Å². The number of hydrogen-bond acceptors (Lipinski definition) is 3. The molecule has 0 fully saturated rings. The zero-order valence-electron chi connectivity index (χ0n) is 8.74. The third-order valence-electron chi connectivity index (χ3n) is 2.22. The Bertz CT molecular complexity index is 540. The molecule has 0 saturated carbocycles. The van der Waals surface area contributed by atoms with E-state index in [9.17, 15) is 4.79 Å². The number of aromatic nitrogens is 1. The van der Waals surface area contributed by atoms with Crippen LogP contribution >= 0.6 is 11.6 Å². The van der Waals surface area contributed by atoms with E-state index in [0.717, 1.165) is 5.39 Å². The molecule has 0 aliphatic carbocycles. The summed E-state index contributed by atoms with van der Waals surface area (Å²) in [5, 5.41) is 1.05. The van der Waals surface area contributed by atoms with Crippen molar-refractivity contribution in [3.05, 3.63) is 35.0 Å². The number of halogens is 1. The minimum Gasteiger partial charge on any atom is -0.492 e. The predicted octanol–water partition coefficient (Wildman–Crippen LogP) is 3.10. The molecule has 4 heteroatoms. The molecule has 0 aliphatic heterocycles. The molecular formula is C12H10ClNO2. The fourth-order valence-electron chi connectivity index (χ4n) is 1.52. The zero-order chi connectivity index (χ0) is 11.5. The lowest BCUT2D eigenvalue weighted by atomic mass is 10.1. The van der Waals surface area contributed by atoms with Crippen molar-refractivity contribution < 1.29 is 9.53 Å². The van der Waals surface area contributed by atoms with Gasteiger partial charge in [-0.15, -0.1) is 0 Å². The Morgan fingerprint density at radius 2 is 2.31 bits per heavy atom. The zero-order valence-corrected chi connectivity index (χ0v) is 9.49. The van der Waals surface area contributed by atoms with E-state index < -0.39 is 0 Å². The van der Waals surface area contributed by atoms with Crippen LogP contribution in [0.3, 0.4) is 0 Å². The van der Waals surface area contributed by atoms with E-state index in [1.54, 1.807) is 6.07 Å². The number of pyridine rings is 1. The number of hydrogen-bond donors (Lipinski definition) is 0. The second-order valence-corrected chi connectivity index (χ2v) is 3.61. The minimum absolute atomic E-state index is 0.203. The minimum atomic E-state index is 0.203. The van der Waals surface area contributed by atoms with Crippen LogP contribution in [-0.4, -0.2) is 17.9 Å². The summed E-state index contributed by atoms with van der Waals surface area (Å²) in [6, 6.07) is 7.27. The van der Waals surface area contributed by atoms with E-state index in [4.69, 9.17) is 16.3 Å². The molecule has 82 valence electrons. The van der Waals surface area contributed by atoms with E-state index >= 15 is 0 Å². The number of carbonyl (C=O) groups excluding carboxylic acids is 1. The lowest BCUT2D eigenvalue weighted by Crippen LogP contribution is -1.95. The summed E-state index contributed by atoms with van der Waals surface area (Å²) < 4.78 is 5.44. The second-order valence-electron chi connectivity index (χ2n) is 3.25. The van der Waals surface area contributed by atoms with Crippen molar-refractivity contribution in [1.82, 2.24) is 4.98 Å². The Labute approximate surface area is 98.0 Å². The van der Waals surface area contributed by atoms with Crippen LogP contribution < -0.4 is 4.74 Å². The van der Waals surface area contributed by atoms with E-state index in [2.05, 4.69) is 4.98 Å². The SMILES string of the molecule is CCOc1cccc2cc(C=O)c(Cl)nc12. The van der Waals surface area contributed by atoms with Crippen LogP contribution in [0.15, 0.2) is 24.3 Å². The Balaban J connectivity index is 2.69. The van der Waals surface area contributed by atoms with Gasteiger partial charge in [-0.05, 0) is 19.1 Å². The van der Waals surface area contributed by atoms with Gasteiger partial charge in [-0.1, -0.05) is 23.7 Å². The molecule has 0 amide bonds. The van der Waals surface area contributed by atoms with Gasteiger partial charge in [-0.3, -0.25) is 4.79 Å². The van der Waals surface area contributed by atoms with Gasteiger partial charge in [0, 0.05) is 5.39 Å². The van der Waals surface area contributed by atoms with Crippen LogP contribution in [-0.2, 0) is 0 Å². The maximum Gasteiger partial charge on any atom is 0.153 e. The molecule has 1 aromatic heterocycles. The molecule has 0 saturated heterocycles. The highest BCUT2D eigenvalue weighted by molar-refractivity contribution is 6.32. The molecule has 0 radical (unpaired) electrons. The van der Waals surface area contributed by atoms with Crippen LogP contribution in [0.5, 0.6) is 5.75 Å². The first-order valence-electron chi connectivity index (χ1n) is 4.93. The number of carbonyl (C=O) groups is 1. The Hall–Kier alpha value is -1.61. The summed E-state index contributed by atoms with van der Waals surface area (Å²) in [6.07, 6.45) is 0.697. The maximum absolute atomic E-state index is 10.7. The van der Waals surface area contributed by atoms with Crippen molar-refractivity contribution in [2.45, 2.75) is 6.92 Å². The van der Waals surface area contributed by atoms with Crippen molar-refractivity contribution in [2.75, 3.05) is 6.61 Å². The first-order valence-corrected chi connectivity index (χ1v) is 5.31. The summed E-state index contributed by atoms with van der Waals surface area (Å²) in [5.41, 5.74) is 1.07. The molecule has 0 atom stereocenters. The van der Waals surface area contributed by atoms with Crippen molar-refractivity contribution in [3.8, 4) is 5.75 Å². The molecule has 1 heterocycles. The molecule has 0 unspecified atom stereocenters. The van der Waals surface area contributed by atoms with Crippen molar-refractivity contribution >= 4 is 28.8 Å². The quantitative estimate of drug-likeness (QED) is 0.606. The summed E-state index contributed by atoms with van der Waals surface area (Å²) in [6.45, 7) is 2.47. The molecule has 0 N–H and O–H groups in total. The normalized spacial score (nSPS) is 10.4. The van der Waals surface area contributed by atoms with E-state index in [1.807, 2.05) is 25.1 Å². The lowest BCUT2D eigenvalue weighted by molar-refractivity contribution is 0.112. The van der Waals surface area contributed by atoms with Crippen LogP contribution in [0.25, 0.3) is 10.9 Å². The average Bonchev–Trinajstić information content (AvgIpc) is 2.29. The van der Waals surface area contributed by atoms with Crippen LogP contribution in [0, 0.1) is 0 Å². The van der Waals surface area contributed by atoms with Crippen molar-refractivity contribution in [3.63, 3.8) is 0 Å². The van der Waals surface area contributed by atoms with Gasteiger partial charge in [0.05, 0.1) is 12.2 Å². The molecule has 0 spiro atoms. The average molecular weight is 236 g/mol. The third-order valence-corrected chi connectivity index (χ3v) is 2.52. The summed E-state index contributed by atoms with van der Waals surface area (Å²) in [4.78, 5) is 14.9. The van der Waals surface area contributed by atoms with Crippen LogP contribution in [0.4, 0.5) is 0 Å². The Kier molecular flexibility index (Phi) is 3.06. The molecule has 0 bridgehead atoms. The number of benzene rings is 1. The molecule has 1 aromatic carbocycles. The smallest absolute Gasteiger partial charge is 0.153 e. The van der Waals surface area contributed by atoms with Crippen LogP contribution in [0.1, 0.15) is 17.3 Å². The fourth-order valence-corrected chi connectivity index (χ4v) is 1.70. The summed E-state index contributed by atoms with van der Waals surface area (Å²) in [5.74, 6) is 0.680. The highest BCUT2D eigenvalue weighted by Crippen LogP contribution is 2.26. The van der Waals surface area contributed by atoms with Crippen LogP contribution in [0.2, 0.25) is 5.15 Å². The van der Waals surface area contributed by atoms with Gasteiger partial charge in [0.15, 0.2) is 6.29 Å². The third kappa shape index (κ3) is 1.86. The number of fused-ring (bicyclic) bond motifs is 1. The number of rotatable bonds is 3. The van der Waals surface area contributed by atoms with Crippen molar-refractivity contribution in [1.29, 1.82) is 0 Å². The maximum atomic E-state index is 10.7. The number of para-hydroxylation sites is 1. The predicted molar refractivity (Wildman–Crippen MR) is 63.3 cm³/mol. The topological polar surface area (TPSA) is 39.2 Å². The van der Waals surface area contributed by atoms with Gasteiger partial charge in [0.25, 0.3) is 0 Å². The number of ether oxygens (including phenoxy) is 1. The van der Waals surface area contributed by atoms with Gasteiger partial charge in [0.2, 0.25) is 0 Å². The molecule has 2 rings (SSSR count). The first-order chi connectivity index (χ1) is 7.76. The molecule has 0 aliphatic rings. The van der Waals surface area contributed by atoms with E-state index in [0.29, 0.717) is 29.7 Å². The van der Waals surface area contributed by atoms with E-state index in [-0.39, 0.29) is 5.15 Å². The van der Waals surface area contributed by atoms with Gasteiger partial charge in [0.1, 0.15) is 16.4 Å². The standard InChI is InChI=1S/C12H10ClNO2/c1-2-16-10-5-3-4-8-6-9(7-15)12(13)14-11(8)10/h3-7H,2H2,1H3. The number of aldehydes is 1. The Morgan fingerprint density at radius 3 is 3.00 bits per heavy atom. The lowest BCUT2D eigenvalue weighted by Gasteiger charge is -2.07. The molecule has 3 nitrogen and oxygen atoms in total. The summed E-state index contributed by atoms with van der Waals surface area (Å²) >= 11 is 5.88. The molecule has 2 aromatic rings. The van der Waals surface area contributed by atoms with Gasteiger partial charge < -0.3 is 4.74 Å². The van der Waals surface area contributed by atoms with E-state index in [1.165, 1.54) is 0 Å². The van der Waals surface area contributed by atoms with Gasteiger partial charge in [-0.2, -0.15) is 0 Å². The first kappa shape index (κ1) is 10.9. The number of nitrogens with zero attached hydrogens (tertiary/aromatic N) is 1. The van der Waals surface area contributed by atoms with Gasteiger partial charge in [-0.25, -0.2) is 4.98 Å². The van der Waals surface area contributed by atoms with Gasteiger partial charge >= 0.3 is 0 Å². The highest BCUT2D eigenvalue weighted by Gasteiger charge is 2.07. The highest BCUT2D eigenvalue weighted by atomic mass is 35.5. The Morgan fingerprint density at radius 1 is 1.50 bits per heavy atom. The molecule has 16 heavy (non-hydrogen) atoms. The fraction of sp³-hybridized carbons (Fsp3) is 0.167. The second kappa shape index (κ2) is 4.49. The molecular weight excluding hydrogens is 226 g/mol. The largest absolute Gasteiger partial charge is 0.492 e. The summed E-state index contributed by atoms with van der Waals surface area (Å²) in [7, 11) is 0.